The Hall–Kier alpha value is -4.01. The molecule has 1 aliphatic heterocycles. The molecule has 0 saturated carbocycles. The third kappa shape index (κ3) is 3.84. The van der Waals surface area contributed by atoms with Gasteiger partial charge >= 0.3 is 0 Å². The van der Waals surface area contributed by atoms with E-state index in [0.29, 0.717) is 35.3 Å². The van der Waals surface area contributed by atoms with E-state index in [-0.39, 0.29) is 11.9 Å². The molecule has 1 N–H and O–H groups in total. The SMILES string of the molecule is Cc1cn(-c2ccc3c(c2)C(=O)Nc2cccc(n2)-c2nncn2[C@@H](C)CCCO3)cn1. The molecule has 0 fully saturated rings. The second-order valence-electron chi connectivity index (χ2n) is 7.87. The topological polar surface area (TPSA) is 99.8 Å². The van der Waals surface area contributed by atoms with Crippen LogP contribution in [0.4, 0.5) is 5.82 Å². The zero-order valence-corrected chi connectivity index (χ0v) is 17.9. The van der Waals surface area contributed by atoms with E-state index < -0.39 is 0 Å². The molecular formula is C23H23N7O2. The first-order valence-corrected chi connectivity index (χ1v) is 10.5. The number of hydrogen-bond acceptors (Lipinski definition) is 6. The lowest BCUT2D eigenvalue weighted by Crippen LogP contribution is -2.17. The molecule has 1 amide bonds. The molecule has 5 rings (SSSR count). The van der Waals surface area contributed by atoms with Gasteiger partial charge in [-0.15, -0.1) is 10.2 Å². The van der Waals surface area contributed by atoms with Gasteiger partial charge in [0.05, 0.1) is 24.2 Å². The molecule has 4 heterocycles. The quantitative estimate of drug-likeness (QED) is 0.494. The summed E-state index contributed by atoms with van der Waals surface area (Å²) in [6.45, 7) is 4.54. The third-order valence-electron chi connectivity index (χ3n) is 5.51. The number of hydrogen-bond donors (Lipinski definition) is 1. The monoisotopic (exact) mass is 429 g/mol. The van der Waals surface area contributed by atoms with Gasteiger partial charge in [-0.1, -0.05) is 6.07 Å². The largest absolute Gasteiger partial charge is 0.493 e. The van der Waals surface area contributed by atoms with Gasteiger partial charge in [-0.3, -0.25) is 4.79 Å². The molecule has 0 spiro atoms. The number of carbonyl (C=O) groups excluding carboxylic acids is 1. The van der Waals surface area contributed by atoms with Crippen molar-refractivity contribution in [3.05, 3.63) is 66.5 Å². The lowest BCUT2D eigenvalue weighted by atomic mass is 10.1. The predicted octanol–water partition coefficient (Wildman–Crippen LogP) is 3.82. The van der Waals surface area contributed by atoms with Crippen LogP contribution in [0.2, 0.25) is 0 Å². The maximum absolute atomic E-state index is 13.2. The molecular weight excluding hydrogens is 406 g/mol. The van der Waals surface area contributed by atoms with Crippen molar-refractivity contribution in [3.8, 4) is 23.0 Å². The Morgan fingerprint density at radius 3 is 2.94 bits per heavy atom. The number of benzene rings is 1. The van der Waals surface area contributed by atoms with Gasteiger partial charge in [-0.25, -0.2) is 9.97 Å². The molecule has 162 valence electrons. The number of nitrogens with one attached hydrogen (secondary N) is 1. The van der Waals surface area contributed by atoms with E-state index >= 15 is 0 Å². The van der Waals surface area contributed by atoms with E-state index in [0.717, 1.165) is 24.2 Å². The molecule has 0 radical (unpaired) electrons. The summed E-state index contributed by atoms with van der Waals surface area (Å²) < 4.78 is 9.91. The van der Waals surface area contributed by atoms with Crippen molar-refractivity contribution in [1.29, 1.82) is 0 Å². The van der Waals surface area contributed by atoms with Gasteiger partial charge in [0.2, 0.25) is 0 Å². The lowest BCUT2D eigenvalue weighted by molar-refractivity contribution is 0.102. The summed E-state index contributed by atoms with van der Waals surface area (Å²) in [4.78, 5) is 22.1. The van der Waals surface area contributed by atoms with Gasteiger partial charge in [0.15, 0.2) is 5.82 Å². The summed E-state index contributed by atoms with van der Waals surface area (Å²) in [7, 11) is 0. The summed E-state index contributed by atoms with van der Waals surface area (Å²) in [5, 5.41) is 11.2. The Labute approximate surface area is 185 Å². The number of aryl methyl sites for hydroxylation is 1. The normalized spacial score (nSPS) is 16.3. The molecule has 32 heavy (non-hydrogen) atoms. The molecule has 0 saturated heterocycles. The average Bonchev–Trinajstić information content (AvgIpc) is 3.45. The minimum atomic E-state index is -0.296. The Morgan fingerprint density at radius 1 is 1.19 bits per heavy atom. The van der Waals surface area contributed by atoms with Crippen LogP contribution in [0.5, 0.6) is 5.75 Å². The number of imidazole rings is 1. The maximum Gasteiger partial charge on any atom is 0.260 e. The smallest absolute Gasteiger partial charge is 0.260 e. The number of anilines is 1. The molecule has 4 aromatic rings. The first kappa shape index (κ1) is 19.9. The summed E-state index contributed by atoms with van der Waals surface area (Å²) in [6.07, 6.45) is 7.04. The van der Waals surface area contributed by atoms with Crippen LogP contribution in [-0.4, -0.2) is 41.8 Å². The van der Waals surface area contributed by atoms with E-state index in [9.17, 15) is 4.79 Å². The van der Waals surface area contributed by atoms with Crippen LogP contribution in [0.3, 0.4) is 0 Å². The average molecular weight is 429 g/mol. The van der Waals surface area contributed by atoms with Gasteiger partial charge in [0.25, 0.3) is 5.91 Å². The zero-order valence-electron chi connectivity index (χ0n) is 17.9. The highest BCUT2D eigenvalue weighted by atomic mass is 16.5. The van der Waals surface area contributed by atoms with Crippen LogP contribution >= 0.6 is 0 Å². The third-order valence-corrected chi connectivity index (χ3v) is 5.51. The number of carbonyl (C=O) groups is 1. The molecule has 2 bridgehead atoms. The van der Waals surface area contributed by atoms with E-state index in [1.165, 1.54) is 0 Å². The molecule has 3 aromatic heterocycles. The molecule has 9 heteroatoms. The summed E-state index contributed by atoms with van der Waals surface area (Å²) in [5.41, 5.74) is 2.82. The lowest BCUT2D eigenvalue weighted by Gasteiger charge is -2.18. The Morgan fingerprint density at radius 2 is 2.09 bits per heavy atom. The fourth-order valence-corrected chi connectivity index (χ4v) is 3.81. The zero-order chi connectivity index (χ0) is 22.1. The molecule has 1 aliphatic rings. The number of nitrogens with zero attached hydrogens (tertiary/aromatic N) is 6. The number of ether oxygens (including phenoxy) is 1. The molecule has 9 nitrogen and oxygen atoms in total. The Bertz CT molecular complexity index is 1280. The molecule has 1 aromatic carbocycles. The Balaban J connectivity index is 1.55. The van der Waals surface area contributed by atoms with Crippen molar-refractivity contribution in [2.24, 2.45) is 0 Å². The summed E-state index contributed by atoms with van der Waals surface area (Å²) in [6, 6.07) is 11.2. The minimum Gasteiger partial charge on any atom is -0.493 e. The van der Waals surface area contributed by atoms with E-state index in [2.05, 4.69) is 32.4 Å². The highest BCUT2D eigenvalue weighted by Gasteiger charge is 2.19. The van der Waals surface area contributed by atoms with Crippen LogP contribution in [0.1, 0.15) is 41.9 Å². The van der Waals surface area contributed by atoms with Crippen LogP contribution in [-0.2, 0) is 0 Å². The predicted molar refractivity (Wildman–Crippen MR) is 119 cm³/mol. The fourth-order valence-electron chi connectivity index (χ4n) is 3.81. The fraction of sp³-hybridized carbons (Fsp3) is 0.261. The number of fused-ring (bicyclic) bond motifs is 5. The number of amides is 1. The van der Waals surface area contributed by atoms with E-state index in [4.69, 9.17) is 4.74 Å². The highest BCUT2D eigenvalue weighted by molar-refractivity contribution is 6.06. The first-order valence-electron chi connectivity index (χ1n) is 10.5. The highest BCUT2D eigenvalue weighted by Crippen LogP contribution is 2.27. The van der Waals surface area contributed by atoms with Crippen molar-refractivity contribution < 1.29 is 9.53 Å². The second-order valence-corrected chi connectivity index (χ2v) is 7.87. The molecule has 0 unspecified atom stereocenters. The molecule has 1 atom stereocenters. The van der Waals surface area contributed by atoms with Crippen molar-refractivity contribution in [1.82, 2.24) is 29.3 Å². The van der Waals surface area contributed by atoms with E-state index in [1.54, 1.807) is 24.8 Å². The van der Waals surface area contributed by atoms with Crippen LogP contribution < -0.4 is 10.1 Å². The standard InChI is InChI=1S/C23H23N7O2/c1-15-12-29(13-24-15)17-8-9-20-18(11-17)23(31)27-21-7-3-6-19(26-21)22-28-25-14-30(22)16(2)5-4-10-32-20/h3,6-9,11-14,16H,4-5,10H2,1-2H3,(H,26,27,31)/t16-/m0/s1. The summed E-state index contributed by atoms with van der Waals surface area (Å²) in [5.74, 6) is 1.34. The summed E-state index contributed by atoms with van der Waals surface area (Å²) >= 11 is 0. The first-order chi connectivity index (χ1) is 15.6. The van der Waals surface area contributed by atoms with Gasteiger partial charge in [-0.05, 0) is 57.0 Å². The van der Waals surface area contributed by atoms with Crippen LogP contribution in [0.15, 0.2) is 55.2 Å². The maximum atomic E-state index is 13.2. The van der Waals surface area contributed by atoms with Crippen molar-refractivity contribution >= 4 is 11.7 Å². The van der Waals surface area contributed by atoms with Gasteiger partial charge < -0.3 is 19.2 Å². The molecule has 0 aliphatic carbocycles. The number of rotatable bonds is 1. The van der Waals surface area contributed by atoms with Crippen molar-refractivity contribution in [2.45, 2.75) is 32.7 Å². The Kier molecular flexibility index (Phi) is 5.14. The second kappa shape index (κ2) is 8.26. The number of aromatic nitrogens is 6. The number of pyridine rings is 1. The van der Waals surface area contributed by atoms with Gasteiger partial charge in [0.1, 0.15) is 23.6 Å². The van der Waals surface area contributed by atoms with Crippen molar-refractivity contribution in [3.63, 3.8) is 0 Å². The van der Waals surface area contributed by atoms with Crippen molar-refractivity contribution in [2.75, 3.05) is 11.9 Å². The minimum absolute atomic E-state index is 0.179. The van der Waals surface area contributed by atoms with Crippen LogP contribution in [0, 0.1) is 6.92 Å². The van der Waals surface area contributed by atoms with Crippen LogP contribution in [0.25, 0.3) is 17.2 Å². The van der Waals surface area contributed by atoms with E-state index in [1.807, 2.05) is 46.5 Å². The van der Waals surface area contributed by atoms with Gasteiger partial charge in [-0.2, -0.15) is 0 Å². The van der Waals surface area contributed by atoms with Gasteiger partial charge in [0, 0.05) is 17.9 Å².